The Kier molecular flexibility index (Phi) is 7.91. The molecule has 9 nitrogen and oxygen atoms in total. The molecule has 0 saturated carbocycles. The summed E-state index contributed by atoms with van der Waals surface area (Å²) in [4.78, 5) is 26.5. The summed E-state index contributed by atoms with van der Waals surface area (Å²) >= 11 is 0. The molecular weight excluding hydrogens is 470 g/mol. The van der Waals surface area contributed by atoms with Crippen molar-refractivity contribution in [2.24, 2.45) is 0 Å². The van der Waals surface area contributed by atoms with Crippen LogP contribution in [0.3, 0.4) is 0 Å². The van der Waals surface area contributed by atoms with Gasteiger partial charge >= 0.3 is 22.8 Å². The SMILES string of the molecule is CC(C)[Si]1(C(C)C)OC[C@H]2O[C@@H](n3ccc(=O)[nH]c3=O)/C(=C\C#N)[C@@H]2O[Si](C(C)C)(C(C)C)O1. The number of fused-ring (bicyclic) bond motifs is 1. The maximum Gasteiger partial charge on any atom is 0.335 e. The Labute approximate surface area is 203 Å². The summed E-state index contributed by atoms with van der Waals surface area (Å²) in [7, 11) is -5.67. The lowest BCUT2D eigenvalue weighted by Gasteiger charge is -2.51. The largest absolute Gasteiger partial charge is 0.414 e. The number of hydrogen-bond donors (Lipinski definition) is 1. The van der Waals surface area contributed by atoms with E-state index < -0.39 is 46.8 Å². The molecule has 1 aromatic heterocycles. The Morgan fingerprint density at radius 1 is 1.06 bits per heavy atom. The zero-order valence-electron chi connectivity index (χ0n) is 21.3. The highest BCUT2D eigenvalue weighted by molar-refractivity contribution is 6.84. The molecule has 0 unspecified atom stereocenters. The molecular formula is C23H37N3O6Si2. The van der Waals surface area contributed by atoms with Gasteiger partial charge in [-0.3, -0.25) is 14.3 Å². The van der Waals surface area contributed by atoms with Gasteiger partial charge in [-0.1, -0.05) is 55.4 Å². The van der Waals surface area contributed by atoms with Crippen molar-refractivity contribution in [3.8, 4) is 6.07 Å². The van der Waals surface area contributed by atoms with E-state index in [9.17, 15) is 14.9 Å². The summed E-state index contributed by atoms with van der Waals surface area (Å²) in [6.07, 6.45) is 0.738. The van der Waals surface area contributed by atoms with Crippen molar-refractivity contribution in [1.82, 2.24) is 9.55 Å². The third-order valence-electron chi connectivity index (χ3n) is 6.91. The fourth-order valence-electron chi connectivity index (χ4n) is 5.13. The van der Waals surface area contributed by atoms with E-state index in [0.717, 1.165) is 0 Å². The number of nitriles is 1. The molecule has 2 fully saturated rings. The monoisotopic (exact) mass is 507 g/mol. The van der Waals surface area contributed by atoms with Crippen LogP contribution in [0.4, 0.5) is 0 Å². The molecule has 0 aromatic carbocycles. The Hall–Kier alpha value is -1.82. The van der Waals surface area contributed by atoms with Crippen LogP contribution in [0.1, 0.15) is 61.6 Å². The highest BCUT2D eigenvalue weighted by atomic mass is 28.5. The molecule has 3 rings (SSSR count). The number of ether oxygens (including phenoxy) is 1. The summed E-state index contributed by atoms with van der Waals surface area (Å²) < 4.78 is 28.5. The number of hydrogen-bond acceptors (Lipinski definition) is 7. The van der Waals surface area contributed by atoms with Crippen molar-refractivity contribution in [1.29, 1.82) is 5.26 Å². The molecule has 11 heteroatoms. The van der Waals surface area contributed by atoms with E-state index in [1.54, 1.807) is 0 Å². The van der Waals surface area contributed by atoms with Gasteiger partial charge in [0.15, 0.2) is 6.23 Å². The van der Waals surface area contributed by atoms with E-state index in [1.165, 1.54) is 22.9 Å². The minimum absolute atomic E-state index is 0.109. The zero-order chi connectivity index (χ0) is 25.4. The zero-order valence-corrected chi connectivity index (χ0v) is 23.3. The first-order valence-corrected chi connectivity index (χ1v) is 15.9. The normalized spacial score (nSPS) is 27.7. The van der Waals surface area contributed by atoms with Crippen LogP contribution in [0, 0.1) is 11.3 Å². The average molecular weight is 508 g/mol. The van der Waals surface area contributed by atoms with Gasteiger partial charge in [-0.05, 0) is 22.2 Å². The van der Waals surface area contributed by atoms with Crippen LogP contribution >= 0.6 is 0 Å². The van der Waals surface area contributed by atoms with Gasteiger partial charge in [0.05, 0.1) is 12.7 Å². The maximum absolute atomic E-state index is 12.6. The molecule has 3 atom stereocenters. The topological polar surface area (TPSA) is 116 Å². The number of nitrogens with zero attached hydrogens (tertiary/aromatic N) is 2. The van der Waals surface area contributed by atoms with Crippen LogP contribution in [0.2, 0.25) is 22.2 Å². The van der Waals surface area contributed by atoms with Gasteiger partial charge in [-0.25, -0.2) is 4.79 Å². The van der Waals surface area contributed by atoms with E-state index in [2.05, 4.69) is 66.4 Å². The summed E-state index contributed by atoms with van der Waals surface area (Å²) in [6.45, 7) is 17.3. The first-order chi connectivity index (χ1) is 15.9. The second-order valence-corrected chi connectivity index (χ2v) is 19.2. The highest BCUT2D eigenvalue weighted by Gasteiger charge is 2.61. The lowest BCUT2D eigenvalue weighted by Crippen LogP contribution is -2.65. The molecule has 1 N–H and O–H groups in total. The van der Waals surface area contributed by atoms with Crippen molar-refractivity contribution >= 4 is 17.1 Å². The molecule has 0 radical (unpaired) electrons. The van der Waals surface area contributed by atoms with Crippen molar-refractivity contribution < 1.29 is 17.7 Å². The molecule has 0 bridgehead atoms. The number of rotatable bonds is 5. The molecule has 34 heavy (non-hydrogen) atoms. The molecule has 0 aliphatic carbocycles. The Morgan fingerprint density at radius 3 is 2.15 bits per heavy atom. The molecule has 3 heterocycles. The second kappa shape index (κ2) is 10.0. The number of nitrogens with one attached hydrogen (secondary N) is 1. The minimum Gasteiger partial charge on any atom is -0.414 e. The van der Waals surface area contributed by atoms with E-state index >= 15 is 0 Å². The van der Waals surface area contributed by atoms with Gasteiger partial charge < -0.3 is 17.7 Å². The fourth-order valence-corrected chi connectivity index (χ4v) is 16.3. The van der Waals surface area contributed by atoms with Crippen molar-refractivity contribution in [2.45, 2.75) is 96.0 Å². The first-order valence-electron chi connectivity index (χ1n) is 12.0. The molecule has 2 saturated heterocycles. The Balaban J connectivity index is 2.18. The molecule has 188 valence electrons. The first kappa shape index (κ1) is 26.8. The van der Waals surface area contributed by atoms with Gasteiger partial charge in [-0.2, -0.15) is 5.26 Å². The fraction of sp³-hybridized carbons (Fsp3) is 0.696. The molecule has 0 spiro atoms. The second-order valence-electron chi connectivity index (χ2n) is 10.3. The van der Waals surface area contributed by atoms with Gasteiger partial charge in [0.2, 0.25) is 0 Å². The number of aromatic nitrogens is 2. The summed E-state index contributed by atoms with van der Waals surface area (Å²) in [5, 5.41) is 9.57. The number of H-pyrrole nitrogens is 1. The number of aromatic amines is 1. The summed E-state index contributed by atoms with van der Waals surface area (Å²) in [5.74, 6) is 0. The van der Waals surface area contributed by atoms with E-state index in [0.29, 0.717) is 5.57 Å². The smallest absolute Gasteiger partial charge is 0.335 e. The van der Waals surface area contributed by atoms with Crippen LogP contribution < -0.4 is 11.2 Å². The molecule has 0 amide bonds. The lowest BCUT2D eigenvalue weighted by molar-refractivity contribution is -0.0561. The minimum atomic E-state index is -2.93. The Bertz CT molecular complexity index is 1060. The van der Waals surface area contributed by atoms with E-state index in [4.69, 9.17) is 17.7 Å². The third-order valence-corrected chi connectivity index (χ3v) is 17.1. The summed E-state index contributed by atoms with van der Waals surface area (Å²) in [5.41, 5.74) is -0.00252. The maximum atomic E-state index is 12.6. The third kappa shape index (κ3) is 4.55. The van der Waals surface area contributed by atoms with Crippen molar-refractivity contribution in [2.75, 3.05) is 6.61 Å². The van der Waals surface area contributed by atoms with Gasteiger partial charge in [-0.15, -0.1) is 0 Å². The van der Waals surface area contributed by atoms with Crippen LogP contribution in [0.5, 0.6) is 0 Å². The van der Waals surface area contributed by atoms with Crippen LogP contribution in [-0.2, 0) is 17.7 Å². The average Bonchev–Trinajstić information content (AvgIpc) is 3.04. The van der Waals surface area contributed by atoms with Gasteiger partial charge in [0.1, 0.15) is 12.2 Å². The predicted octanol–water partition coefficient (Wildman–Crippen LogP) is 3.84. The van der Waals surface area contributed by atoms with E-state index in [-0.39, 0.29) is 28.8 Å². The standard InChI is InChI=1S/C23H37N3O6Si2/c1-14(2)33(15(3)4)29-13-19-21(31-34(32-33,16(5)6)17(7)8)18(9-11-24)22(30-19)26-12-10-20(27)25-23(26)28/h9-10,12,14-17,19,21-22H,13H2,1-8H3,(H,25,27,28)/b18-9-/t19-,21+,22-/m1/s1. The summed E-state index contributed by atoms with van der Waals surface area (Å²) in [6, 6.07) is 3.34. The van der Waals surface area contributed by atoms with Crippen LogP contribution in [0.25, 0.3) is 0 Å². The van der Waals surface area contributed by atoms with Gasteiger partial charge in [0.25, 0.3) is 5.56 Å². The quantitative estimate of drug-likeness (QED) is 0.475. The molecule has 1 aromatic rings. The van der Waals surface area contributed by atoms with Crippen LogP contribution in [0.15, 0.2) is 33.5 Å². The lowest BCUT2D eigenvalue weighted by atomic mass is 10.1. The van der Waals surface area contributed by atoms with E-state index in [1.807, 2.05) is 0 Å². The van der Waals surface area contributed by atoms with Crippen LogP contribution in [-0.4, -0.2) is 45.5 Å². The number of allylic oxidation sites excluding steroid dienone is 1. The Morgan fingerprint density at radius 2 is 1.65 bits per heavy atom. The highest BCUT2D eigenvalue weighted by Crippen LogP contribution is 2.49. The molecule has 2 aliphatic rings. The predicted molar refractivity (Wildman–Crippen MR) is 133 cm³/mol. The molecule has 2 aliphatic heterocycles. The van der Waals surface area contributed by atoms with Gasteiger partial charge in [0, 0.05) is 23.9 Å². The van der Waals surface area contributed by atoms with Crippen molar-refractivity contribution in [3.63, 3.8) is 0 Å². The van der Waals surface area contributed by atoms with Crippen molar-refractivity contribution in [3.05, 3.63) is 44.8 Å².